The number of guanidine groups is 1. The van der Waals surface area contributed by atoms with Crippen molar-refractivity contribution in [3.8, 4) is 0 Å². The molecule has 9 heteroatoms. The van der Waals surface area contributed by atoms with E-state index in [1.165, 1.54) is 0 Å². The molecule has 23 heavy (non-hydrogen) atoms. The van der Waals surface area contributed by atoms with Gasteiger partial charge in [-0.2, -0.15) is 16.9 Å². The first-order chi connectivity index (χ1) is 10.7. The minimum Gasteiger partial charge on any atom is -0.356 e. The van der Waals surface area contributed by atoms with Crippen molar-refractivity contribution >= 4 is 53.3 Å². The van der Waals surface area contributed by atoms with Crippen molar-refractivity contribution in [2.75, 3.05) is 50.1 Å². The molecule has 1 aliphatic heterocycles. The van der Waals surface area contributed by atoms with Crippen LogP contribution >= 0.6 is 35.7 Å². The molecule has 0 aliphatic carbocycles. The fraction of sp³-hybridized carbons (Fsp3) is 0.643. The van der Waals surface area contributed by atoms with Crippen LogP contribution in [0.25, 0.3) is 0 Å². The second-order valence-corrected chi connectivity index (χ2v) is 6.15. The van der Waals surface area contributed by atoms with Gasteiger partial charge in [0.25, 0.3) is 0 Å². The van der Waals surface area contributed by atoms with Crippen LogP contribution in [-0.4, -0.2) is 71.8 Å². The Balaban J connectivity index is 0.00000264. The molecular weight excluding hydrogens is 427 g/mol. The minimum absolute atomic E-state index is 0. The van der Waals surface area contributed by atoms with Gasteiger partial charge in [-0.1, -0.05) is 0 Å². The Morgan fingerprint density at radius 1 is 1.48 bits per heavy atom. The van der Waals surface area contributed by atoms with Gasteiger partial charge in [0, 0.05) is 39.9 Å². The fourth-order valence-corrected chi connectivity index (χ4v) is 2.86. The number of aliphatic imine (C=N–C) groups is 1. The molecule has 1 saturated heterocycles. The van der Waals surface area contributed by atoms with Crippen molar-refractivity contribution in [2.24, 2.45) is 12.0 Å². The van der Waals surface area contributed by atoms with Gasteiger partial charge in [0.15, 0.2) is 5.96 Å². The van der Waals surface area contributed by atoms with E-state index in [2.05, 4.69) is 21.7 Å². The maximum absolute atomic E-state index is 12.4. The highest BCUT2D eigenvalue weighted by Crippen LogP contribution is 2.15. The molecule has 7 nitrogen and oxygen atoms in total. The number of halogens is 1. The van der Waals surface area contributed by atoms with E-state index in [1.54, 1.807) is 22.8 Å². The maximum Gasteiger partial charge on any atom is 0.246 e. The number of piperazine rings is 1. The molecule has 2 heterocycles. The monoisotopic (exact) mass is 452 g/mol. The minimum atomic E-state index is 0. The van der Waals surface area contributed by atoms with Crippen LogP contribution in [-0.2, 0) is 11.8 Å². The Bertz CT molecular complexity index is 535. The highest BCUT2D eigenvalue weighted by molar-refractivity contribution is 14.0. The maximum atomic E-state index is 12.4. The molecular formula is C14H25IN6OS. The van der Waals surface area contributed by atoms with Gasteiger partial charge < -0.3 is 15.1 Å². The second kappa shape index (κ2) is 10.0. The smallest absolute Gasteiger partial charge is 0.246 e. The zero-order valence-corrected chi connectivity index (χ0v) is 17.0. The van der Waals surface area contributed by atoms with Gasteiger partial charge in [0.2, 0.25) is 5.91 Å². The Morgan fingerprint density at radius 3 is 2.83 bits per heavy atom. The summed E-state index contributed by atoms with van der Waals surface area (Å²) < 4.78 is 1.71. The number of hydrogen-bond donors (Lipinski definition) is 1. The first-order valence-corrected chi connectivity index (χ1v) is 8.78. The van der Waals surface area contributed by atoms with Gasteiger partial charge in [-0.15, -0.1) is 24.0 Å². The van der Waals surface area contributed by atoms with E-state index in [9.17, 15) is 4.79 Å². The van der Waals surface area contributed by atoms with Crippen LogP contribution in [0.2, 0.25) is 0 Å². The zero-order valence-electron chi connectivity index (χ0n) is 13.9. The van der Waals surface area contributed by atoms with Crippen molar-refractivity contribution in [2.45, 2.75) is 6.42 Å². The van der Waals surface area contributed by atoms with E-state index in [1.807, 2.05) is 29.9 Å². The van der Waals surface area contributed by atoms with Crippen molar-refractivity contribution < 1.29 is 4.79 Å². The third kappa shape index (κ3) is 5.55. The summed E-state index contributed by atoms with van der Waals surface area (Å²) in [5.74, 6) is 2.00. The highest BCUT2D eigenvalue weighted by Gasteiger charge is 2.27. The first kappa shape index (κ1) is 20.1. The molecule has 1 N–H and O–H groups in total. The fourth-order valence-electron chi connectivity index (χ4n) is 2.42. The summed E-state index contributed by atoms with van der Waals surface area (Å²) in [6.07, 6.45) is 6.78. The van der Waals surface area contributed by atoms with Crippen LogP contribution in [0.4, 0.5) is 5.69 Å². The Hall–Kier alpha value is -0.970. The SMILES string of the molecule is CN=C(NCCCSC)N1CCN(c2cnn(C)c2)C(=O)C1.I. The van der Waals surface area contributed by atoms with Gasteiger partial charge in [-0.3, -0.25) is 14.5 Å². The van der Waals surface area contributed by atoms with Crippen molar-refractivity contribution in [3.63, 3.8) is 0 Å². The number of aryl methyl sites for hydroxylation is 1. The lowest BCUT2D eigenvalue weighted by Crippen LogP contribution is -2.55. The molecule has 0 radical (unpaired) electrons. The van der Waals surface area contributed by atoms with E-state index in [0.717, 1.165) is 36.9 Å². The number of anilines is 1. The lowest BCUT2D eigenvalue weighted by Gasteiger charge is -2.35. The summed E-state index contributed by atoms with van der Waals surface area (Å²) in [5.41, 5.74) is 0.857. The van der Waals surface area contributed by atoms with Crippen molar-refractivity contribution in [1.82, 2.24) is 20.0 Å². The molecule has 1 amide bonds. The number of hydrogen-bond acceptors (Lipinski definition) is 4. The summed E-state index contributed by atoms with van der Waals surface area (Å²) in [5, 5.41) is 7.45. The molecule has 1 aromatic heterocycles. The molecule has 1 aliphatic rings. The summed E-state index contributed by atoms with van der Waals surface area (Å²) in [6.45, 7) is 2.64. The molecule has 0 bridgehead atoms. The van der Waals surface area contributed by atoms with E-state index in [0.29, 0.717) is 13.1 Å². The average molecular weight is 452 g/mol. The van der Waals surface area contributed by atoms with Gasteiger partial charge in [0.1, 0.15) is 6.54 Å². The van der Waals surface area contributed by atoms with Crippen LogP contribution in [0, 0.1) is 0 Å². The Labute approximate surface area is 158 Å². The summed E-state index contributed by atoms with van der Waals surface area (Å²) in [6, 6.07) is 0. The predicted octanol–water partition coefficient (Wildman–Crippen LogP) is 1.02. The molecule has 0 spiro atoms. The highest BCUT2D eigenvalue weighted by atomic mass is 127. The van der Waals surface area contributed by atoms with Crippen LogP contribution < -0.4 is 10.2 Å². The number of carbonyl (C=O) groups is 1. The number of aromatic nitrogens is 2. The number of carbonyl (C=O) groups excluding carboxylic acids is 1. The van der Waals surface area contributed by atoms with E-state index >= 15 is 0 Å². The average Bonchev–Trinajstić information content (AvgIpc) is 2.93. The summed E-state index contributed by atoms with van der Waals surface area (Å²) >= 11 is 1.83. The molecule has 1 fully saturated rings. The molecule has 130 valence electrons. The molecule has 0 unspecified atom stereocenters. The van der Waals surface area contributed by atoms with Gasteiger partial charge in [-0.05, 0) is 18.4 Å². The summed E-state index contributed by atoms with van der Waals surface area (Å²) in [4.78, 5) is 20.4. The van der Waals surface area contributed by atoms with E-state index in [4.69, 9.17) is 0 Å². The molecule has 0 aromatic carbocycles. The largest absolute Gasteiger partial charge is 0.356 e. The van der Waals surface area contributed by atoms with E-state index in [-0.39, 0.29) is 29.9 Å². The normalized spacial score (nSPS) is 15.6. The van der Waals surface area contributed by atoms with Crippen LogP contribution in [0.3, 0.4) is 0 Å². The third-order valence-electron chi connectivity index (χ3n) is 3.54. The zero-order chi connectivity index (χ0) is 15.9. The molecule has 1 aromatic rings. The van der Waals surface area contributed by atoms with Gasteiger partial charge >= 0.3 is 0 Å². The van der Waals surface area contributed by atoms with Gasteiger partial charge in [-0.25, -0.2) is 0 Å². The second-order valence-electron chi connectivity index (χ2n) is 5.16. The molecule has 0 atom stereocenters. The quantitative estimate of drug-likeness (QED) is 0.313. The molecule has 0 saturated carbocycles. The van der Waals surface area contributed by atoms with Crippen molar-refractivity contribution in [1.29, 1.82) is 0 Å². The number of nitrogens with zero attached hydrogens (tertiary/aromatic N) is 5. The Kier molecular flexibility index (Phi) is 8.74. The number of nitrogens with one attached hydrogen (secondary N) is 1. The van der Waals surface area contributed by atoms with E-state index < -0.39 is 0 Å². The predicted molar refractivity (Wildman–Crippen MR) is 107 cm³/mol. The Morgan fingerprint density at radius 2 is 2.26 bits per heavy atom. The van der Waals surface area contributed by atoms with Crippen LogP contribution in [0.5, 0.6) is 0 Å². The first-order valence-electron chi connectivity index (χ1n) is 7.39. The number of rotatable bonds is 5. The lowest BCUT2D eigenvalue weighted by molar-refractivity contribution is -0.120. The van der Waals surface area contributed by atoms with Crippen molar-refractivity contribution in [3.05, 3.63) is 12.4 Å². The third-order valence-corrected chi connectivity index (χ3v) is 4.24. The number of thioether (sulfide) groups is 1. The topological polar surface area (TPSA) is 65.8 Å². The standard InChI is InChI=1S/C14H24N6OS.HI/c1-15-14(16-5-4-8-22-3)19-6-7-20(13(21)11-19)12-9-17-18(2)10-12;/h9-10H,4-8,11H2,1-3H3,(H,15,16);1H. The molecule has 2 rings (SSSR count). The summed E-state index contributed by atoms with van der Waals surface area (Å²) in [7, 11) is 3.61. The van der Waals surface area contributed by atoms with Crippen LogP contribution in [0.1, 0.15) is 6.42 Å². The lowest BCUT2D eigenvalue weighted by atomic mass is 10.3. The number of amides is 1. The van der Waals surface area contributed by atoms with Crippen LogP contribution in [0.15, 0.2) is 17.4 Å². The van der Waals surface area contributed by atoms with Gasteiger partial charge in [0.05, 0.1) is 11.9 Å².